The van der Waals surface area contributed by atoms with Crippen molar-refractivity contribution in [2.24, 2.45) is 0 Å². The summed E-state index contributed by atoms with van der Waals surface area (Å²) in [6.45, 7) is 2.19. The van der Waals surface area contributed by atoms with E-state index in [1.165, 1.54) is 25.7 Å². The van der Waals surface area contributed by atoms with Crippen LogP contribution >= 0.6 is 11.6 Å². The van der Waals surface area contributed by atoms with Crippen molar-refractivity contribution in [3.8, 4) is 11.3 Å². The van der Waals surface area contributed by atoms with Crippen LogP contribution in [-0.4, -0.2) is 25.6 Å². The molecule has 1 fully saturated rings. The molecule has 0 amide bonds. The van der Waals surface area contributed by atoms with Crippen molar-refractivity contribution in [1.82, 2.24) is 19.6 Å². The molecule has 3 aromatic rings. The second-order valence-corrected chi connectivity index (χ2v) is 7.35. The van der Waals surface area contributed by atoms with E-state index in [0.29, 0.717) is 17.1 Å². The average Bonchev–Trinajstić information content (AvgIpc) is 3.28. The number of aryl methyl sites for hydroxylation is 1. The standard InChI is InChI=1S/C20H24ClN5/c1-2-3-9-16-19(17-10-6-11-18(21)26(17)25-16)15-12-13-22-20(24-15)23-14-7-4-5-8-14/h6,10-14H,2-5,7-9H2,1H3,(H,22,23,24). The molecule has 136 valence electrons. The van der Waals surface area contributed by atoms with Crippen LogP contribution in [0.15, 0.2) is 30.5 Å². The fourth-order valence-corrected chi connectivity index (χ4v) is 3.90. The van der Waals surface area contributed by atoms with Gasteiger partial charge >= 0.3 is 0 Å². The van der Waals surface area contributed by atoms with Crippen LogP contribution in [0.3, 0.4) is 0 Å². The van der Waals surface area contributed by atoms with Gasteiger partial charge in [-0.25, -0.2) is 14.5 Å². The van der Waals surface area contributed by atoms with Crippen LogP contribution < -0.4 is 5.32 Å². The highest BCUT2D eigenvalue weighted by Crippen LogP contribution is 2.31. The maximum atomic E-state index is 6.36. The number of rotatable bonds is 6. The lowest BCUT2D eigenvalue weighted by molar-refractivity contribution is 0.744. The quantitative estimate of drug-likeness (QED) is 0.611. The third kappa shape index (κ3) is 3.40. The summed E-state index contributed by atoms with van der Waals surface area (Å²) < 4.78 is 1.81. The Morgan fingerprint density at radius 1 is 1.23 bits per heavy atom. The molecule has 1 saturated carbocycles. The zero-order chi connectivity index (χ0) is 17.9. The number of anilines is 1. The van der Waals surface area contributed by atoms with Crippen LogP contribution in [0.1, 0.15) is 51.1 Å². The minimum atomic E-state index is 0.489. The number of nitrogens with zero attached hydrogens (tertiary/aromatic N) is 4. The fraction of sp³-hybridized carbons (Fsp3) is 0.450. The molecule has 5 nitrogen and oxygen atoms in total. The summed E-state index contributed by atoms with van der Waals surface area (Å²) in [5, 5.41) is 8.87. The maximum Gasteiger partial charge on any atom is 0.223 e. The third-order valence-electron chi connectivity index (χ3n) is 5.05. The Balaban J connectivity index is 1.76. The van der Waals surface area contributed by atoms with E-state index in [2.05, 4.69) is 23.3 Å². The number of fused-ring (bicyclic) bond motifs is 1. The number of aromatic nitrogens is 4. The Labute approximate surface area is 158 Å². The lowest BCUT2D eigenvalue weighted by atomic mass is 10.1. The average molecular weight is 370 g/mol. The number of unbranched alkanes of at least 4 members (excludes halogenated alkanes) is 1. The molecule has 0 spiro atoms. The highest BCUT2D eigenvalue weighted by molar-refractivity contribution is 6.29. The molecule has 0 aromatic carbocycles. The molecule has 0 radical (unpaired) electrons. The van der Waals surface area contributed by atoms with Gasteiger partial charge in [-0.3, -0.25) is 0 Å². The number of pyridine rings is 1. The van der Waals surface area contributed by atoms with Gasteiger partial charge in [0, 0.05) is 17.8 Å². The predicted octanol–water partition coefficient (Wildman–Crippen LogP) is 5.14. The van der Waals surface area contributed by atoms with E-state index < -0.39 is 0 Å². The Morgan fingerprint density at radius 2 is 2.08 bits per heavy atom. The van der Waals surface area contributed by atoms with Crippen LogP contribution in [0.25, 0.3) is 16.8 Å². The molecule has 0 saturated heterocycles. The molecule has 0 unspecified atom stereocenters. The number of hydrogen-bond acceptors (Lipinski definition) is 4. The molecule has 1 N–H and O–H groups in total. The van der Waals surface area contributed by atoms with Crippen LogP contribution in [0.4, 0.5) is 5.95 Å². The topological polar surface area (TPSA) is 55.1 Å². The van der Waals surface area contributed by atoms with E-state index in [4.69, 9.17) is 21.7 Å². The number of nitrogens with one attached hydrogen (secondary N) is 1. The van der Waals surface area contributed by atoms with Gasteiger partial charge in [-0.15, -0.1) is 0 Å². The summed E-state index contributed by atoms with van der Waals surface area (Å²) in [6.07, 6.45) is 9.92. The summed E-state index contributed by atoms with van der Waals surface area (Å²) in [7, 11) is 0. The van der Waals surface area contributed by atoms with Gasteiger partial charge < -0.3 is 5.32 Å². The summed E-state index contributed by atoms with van der Waals surface area (Å²) in [5.74, 6) is 0.706. The van der Waals surface area contributed by atoms with Crippen LogP contribution in [-0.2, 0) is 6.42 Å². The van der Waals surface area contributed by atoms with Gasteiger partial charge in [0.05, 0.1) is 16.9 Å². The van der Waals surface area contributed by atoms with Crippen LogP contribution in [0, 0.1) is 0 Å². The highest BCUT2D eigenvalue weighted by Gasteiger charge is 2.19. The molecular formula is C20H24ClN5. The van der Waals surface area contributed by atoms with Crippen molar-refractivity contribution in [1.29, 1.82) is 0 Å². The summed E-state index contributed by atoms with van der Waals surface area (Å²) in [4.78, 5) is 9.24. The molecule has 4 rings (SSSR count). The molecule has 1 aliphatic carbocycles. The van der Waals surface area contributed by atoms with Gasteiger partial charge in [0.1, 0.15) is 5.15 Å². The Morgan fingerprint density at radius 3 is 2.88 bits per heavy atom. The first kappa shape index (κ1) is 17.3. The van der Waals surface area contributed by atoms with Gasteiger partial charge in [0.2, 0.25) is 5.95 Å². The molecular weight excluding hydrogens is 346 g/mol. The van der Waals surface area contributed by atoms with E-state index in [-0.39, 0.29) is 0 Å². The molecule has 3 heterocycles. The fourth-order valence-electron chi connectivity index (χ4n) is 3.70. The first-order chi connectivity index (χ1) is 12.8. The molecule has 1 aliphatic rings. The third-order valence-corrected chi connectivity index (χ3v) is 5.34. The number of halogens is 1. The van der Waals surface area contributed by atoms with Crippen LogP contribution in [0.2, 0.25) is 5.15 Å². The molecule has 6 heteroatoms. The van der Waals surface area contributed by atoms with Crippen molar-refractivity contribution in [3.05, 3.63) is 41.3 Å². The minimum Gasteiger partial charge on any atom is -0.351 e. The second kappa shape index (κ2) is 7.62. The lowest BCUT2D eigenvalue weighted by Gasteiger charge is -2.12. The SMILES string of the molecule is CCCCc1nn2c(Cl)cccc2c1-c1ccnc(NC2CCCC2)n1. The van der Waals surface area contributed by atoms with Crippen LogP contribution in [0.5, 0.6) is 0 Å². The maximum absolute atomic E-state index is 6.36. The molecule has 26 heavy (non-hydrogen) atoms. The monoisotopic (exact) mass is 369 g/mol. The Kier molecular flexibility index (Phi) is 5.07. The largest absolute Gasteiger partial charge is 0.351 e. The van der Waals surface area contributed by atoms with Crippen molar-refractivity contribution in [2.45, 2.75) is 57.9 Å². The van der Waals surface area contributed by atoms with Gasteiger partial charge in [-0.05, 0) is 43.9 Å². The Bertz CT molecular complexity index is 898. The van der Waals surface area contributed by atoms with Crippen molar-refractivity contribution >= 4 is 23.1 Å². The van der Waals surface area contributed by atoms with Crippen molar-refractivity contribution < 1.29 is 0 Å². The van der Waals surface area contributed by atoms with Gasteiger partial charge in [0.25, 0.3) is 0 Å². The predicted molar refractivity (Wildman–Crippen MR) is 106 cm³/mol. The molecule has 0 bridgehead atoms. The first-order valence-electron chi connectivity index (χ1n) is 9.52. The van der Waals surface area contributed by atoms with E-state index in [9.17, 15) is 0 Å². The minimum absolute atomic E-state index is 0.489. The molecule has 0 atom stereocenters. The van der Waals surface area contributed by atoms with Gasteiger partial charge in [-0.2, -0.15) is 5.10 Å². The zero-order valence-electron chi connectivity index (χ0n) is 15.1. The van der Waals surface area contributed by atoms with Gasteiger partial charge in [-0.1, -0.05) is 43.9 Å². The first-order valence-corrected chi connectivity index (χ1v) is 9.90. The van der Waals surface area contributed by atoms with E-state index in [1.54, 1.807) is 0 Å². The normalized spacial score (nSPS) is 15.0. The summed E-state index contributed by atoms with van der Waals surface area (Å²) in [5.41, 5.74) is 4.02. The Hall–Kier alpha value is -2.14. The zero-order valence-corrected chi connectivity index (χ0v) is 15.8. The summed E-state index contributed by atoms with van der Waals surface area (Å²) in [6, 6.07) is 8.33. The van der Waals surface area contributed by atoms with Crippen molar-refractivity contribution in [2.75, 3.05) is 5.32 Å². The van der Waals surface area contributed by atoms with Gasteiger partial charge in [0.15, 0.2) is 0 Å². The van der Waals surface area contributed by atoms with E-state index >= 15 is 0 Å². The highest BCUT2D eigenvalue weighted by atomic mass is 35.5. The number of hydrogen-bond donors (Lipinski definition) is 1. The molecule has 3 aromatic heterocycles. The summed E-state index contributed by atoms with van der Waals surface area (Å²) >= 11 is 6.36. The van der Waals surface area contributed by atoms with E-state index in [0.717, 1.165) is 41.7 Å². The van der Waals surface area contributed by atoms with E-state index in [1.807, 2.05) is 28.9 Å². The van der Waals surface area contributed by atoms with Crippen molar-refractivity contribution in [3.63, 3.8) is 0 Å². The molecule has 0 aliphatic heterocycles. The lowest BCUT2D eigenvalue weighted by Crippen LogP contribution is -2.16. The smallest absolute Gasteiger partial charge is 0.223 e. The second-order valence-electron chi connectivity index (χ2n) is 6.96.